The first-order chi connectivity index (χ1) is 27.2. The minimum Gasteiger partial charge on any atom is -0.497 e. The van der Waals surface area contributed by atoms with Crippen molar-refractivity contribution in [2.75, 3.05) is 51.9 Å². The quantitative estimate of drug-likeness (QED) is 0.0786. The van der Waals surface area contributed by atoms with Gasteiger partial charge in [-0.15, -0.1) is 0 Å². The van der Waals surface area contributed by atoms with Crippen molar-refractivity contribution in [3.05, 3.63) is 119 Å². The van der Waals surface area contributed by atoms with Crippen LogP contribution in [0.15, 0.2) is 94.9 Å². The van der Waals surface area contributed by atoms with Gasteiger partial charge in [0.05, 0.1) is 48.1 Å². The van der Waals surface area contributed by atoms with E-state index in [0.717, 1.165) is 120 Å². The number of aromatic amines is 2. The summed E-state index contributed by atoms with van der Waals surface area (Å²) >= 11 is 14.4. The summed E-state index contributed by atoms with van der Waals surface area (Å²) in [6.45, 7) is 3.38. The monoisotopic (exact) mass is 810 g/mol. The zero-order valence-corrected chi connectivity index (χ0v) is 33.6. The topological polar surface area (TPSA) is 151 Å². The summed E-state index contributed by atoms with van der Waals surface area (Å²) < 4.78 is 10.0. The maximum atomic E-state index is 6.36. The molecule has 0 saturated heterocycles. The molecule has 0 fully saturated rings. The number of fused-ring (bicyclic) bond motifs is 10. The number of hydrogen-bond donors (Lipinski definition) is 6. The highest BCUT2D eigenvalue weighted by atomic mass is 35.6. The van der Waals surface area contributed by atoms with Crippen LogP contribution in [0.2, 0.25) is 0 Å². The summed E-state index contributed by atoms with van der Waals surface area (Å²) in [6.07, 6.45) is 3.76. The summed E-state index contributed by atoms with van der Waals surface area (Å²) in [4.78, 5) is 17.1. The third-order valence-corrected chi connectivity index (χ3v) is 11.5. The van der Waals surface area contributed by atoms with E-state index >= 15 is 0 Å². The van der Waals surface area contributed by atoms with E-state index in [1.54, 1.807) is 14.2 Å². The molecule has 56 heavy (non-hydrogen) atoms. The molecular weight excluding hydrogens is 767 g/mol. The van der Waals surface area contributed by atoms with Crippen LogP contribution in [-0.4, -0.2) is 66.1 Å². The fraction of sp³-hybridized carbons (Fsp3) is 0.302. The predicted octanol–water partition coefficient (Wildman–Crippen LogP) is 7.97. The maximum Gasteiger partial charge on any atom is 0.180 e. The van der Waals surface area contributed by atoms with E-state index in [1.165, 1.54) is 21.9 Å². The van der Waals surface area contributed by atoms with E-state index < -0.39 is 4.30 Å². The van der Waals surface area contributed by atoms with Crippen LogP contribution in [0.3, 0.4) is 0 Å². The zero-order valence-electron chi connectivity index (χ0n) is 31.3. The lowest BCUT2D eigenvalue weighted by atomic mass is 9.81. The summed E-state index contributed by atoms with van der Waals surface area (Å²) in [6, 6.07) is 28.7. The highest BCUT2D eigenvalue weighted by Crippen LogP contribution is 2.43. The van der Waals surface area contributed by atoms with Gasteiger partial charge in [0.25, 0.3) is 0 Å². The molecule has 10 nitrogen and oxygen atoms in total. The number of anilines is 2. The van der Waals surface area contributed by atoms with Crippen LogP contribution < -0.4 is 31.6 Å². The number of nitrogens with zero attached hydrogens (tertiary/aromatic N) is 2. The molecule has 4 aliphatic heterocycles. The number of aliphatic imine (C=N–C) groups is 2. The van der Waals surface area contributed by atoms with Crippen molar-refractivity contribution in [1.29, 1.82) is 0 Å². The first kappa shape index (κ1) is 38.2. The highest BCUT2D eigenvalue weighted by molar-refractivity contribution is 6.63. The maximum absolute atomic E-state index is 6.36. The molecule has 0 bridgehead atoms. The lowest BCUT2D eigenvalue weighted by Gasteiger charge is -2.32. The molecule has 0 aliphatic carbocycles. The number of H-pyrrole nitrogens is 2. The standard InChI is InChI=1S/2C21H22N4O.CHCl3/c2*1-26-13-6-7-14-15-8-10-24-21(16-4-2-3-5-17(16)22)9-11-23-20(21)19(15)25-18(14)12-13;2-1(3)4/h2*2-7,12,24-25H,8-11,22H2,1H3;1H/t2*21-;/m00./s1. The molecule has 13 heteroatoms. The molecule has 0 unspecified atom stereocenters. The molecule has 2 aromatic heterocycles. The molecule has 2 atom stereocenters. The molecule has 6 aromatic rings. The van der Waals surface area contributed by atoms with E-state index in [1.807, 2.05) is 36.4 Å². The number of hydrogen-bond acceptors (Lipinski definition) is 8. The molecule has 0 spiro atoms. The number of benzene rings is 4. The Morgan fingerprint density at radius 1 is 0.625 bits per heavy atom. The fourth-order valence-electron chi connectivity index (χ4n) is 9.04. The molecule has 0 saturated carbocycles. The van der Waals surface area contributed by atoms with E-state index in [-0.39, 0.29) is 11.1 Å². The van der Waals surface area contributed by atoms with Crippen molar-refractivity contribution >= 4 is 79.4 Å². The van der Waals surface area contributed by atoms with E-state index in [2.05, 4.69) is 69.1 Å². The van der Waals surface area contributed by atoms with E-state index in [4.69, 9.17) is 65.7 Å². The number of rotatable bonds is 4. The number of nitrogen functional groups attached to an aromatic ring is 2. The van der Waals surface area contributed by atoms with Crippen LogP contribution in [0.1, 0.15) is 46.5 Å². The van der Waals surface area contributed by atoms with Gasteiger partial charge in [-0.3, -0.25) is 9.98 Å². The van der Waals surface area contributed by atoms with Crippen molar-refractivity contribution in [3.8, 4) is 11.5 Å². The molecule has 4 aromatic carbocycles. The lowest BCUT2D eigenvalue weighted by Crippen LogP contribution is -2.47. The van der Waals surface area contributed by atoms with Gasteiger partial charge in [0.15, 0.2) is 4.30 Å². The van der Waals surface area contributed by atoms with Gasteiger partial charge in [-0.2, -0.15) is 0 Å². The minimum absolute atomic E-state index is 0.318. The molecule has 4 aliphatic rings. The number of aromatic nitrogens is 2. The largest absolute Gasteiger partial charge is 0.497 e. The van der Waals surface area contributed by atoms with Gasteiger partial charge in [0, 0.05) is 82.6 Å². The number of methoxy groups -OCH3 is 2. The molecule has 0 amide bonds. The van der Waals surface area contributed by atoms with Crippen LogP contribution in [0.25, 0.3) is 21.8 Å². The third-order valence-electron chi connectivity index (χ3n) is 11.5. The van der Waals surface area contributed by atoms with Crippen LogP contribution in [0.5, 0.6) is 11.5 Å². The summed E-state index contributed by atoms with van der Waals surface area (Å²) in [5.41, 5.74) is 25.3. The Balaban J connectivity index is 0.000000144. The van der Waals surface area contributed by atoms with Crippen LogP contribution in [0, 0.1) is 0 Å². The Labute approximate surface area is 341 Å². The smallest absolute Gasteiger partial charge is 0.180 e. The zero-order chi connectivity index (χ0) is 39.0. The average molecular weight is 812 g/mol. The lowest BCUT2D eigenvalue weighted by molar-refractivity contribution is 0.415. The second-order valence-corrected chi connectivity index (χ2v) is 16.3. The van der Waals surface area contributed by atoms with Gasteiger partial charge in [-0.25, -0.2) is 0 Å². The van der Waals surface area contributed by atoms with E-state index in [0.29, 0.717) is 0 Å². The molecule has 8 N–H and O–H groups in total. The molecule has 10 rings (SSSR count). The van der Waals surface area contributed by atoms with Crippen molar-refractivity contribution < 1.29 is 9.47 Å². The summed E-state index contributed by atoms with van der Waals surface area (Å²) in [5, 5.41) is 10.0. The van der Waals surface area contributed by atoms with Crippen LogP contribution >= 0.6 is 34.8 Å². The van der Waals surface area contributed by atoms with Gasteiger partial charge >= 0.3 is 0 Å². The third kappa shape index (κ3) is 6.67. The number of nitrogens with two attached hydrogens (primary N) is 2. The van der Waals surface area contributed by atoms with Crippen LogP contribution in [0.4, 0.5) is 11.4 Å². The Morgan fingerprint density at radius 3 is 1.43 bits per heavy atom. The number of nitrogens with one attached hydrogen (secondary N) is 4. The number of ether oxygens (including phenoxy) is 2. The van der Waals surface area contributed by atoms with Gasteiger partial charge < -0.3 is 41.5 Å². The van der Waals surface area contributed by atoms with Gasteiger partial charge in [0.1, 0.15) is 11.5 Å². The second kappa shape index (κ2) is 15.7. The second-order valence-electron chi connectivity index (χ2n) is 14.3. The Morgan fingerprint density at radius 2 is 1.04 bits per heavy atom. The van der Waals surface area contributed by atoms with Crippen LogP contribution in [-0.2, 0) is 23.9 Å². The van der Waals surface area contributed by atoms with Gasteiger partial charge in [0.2, 0.25) is 0 Å². The number of halogens is 3. The van der Waals surface area contributed by atoms with Gasteiger partial charge in [-0.1, -0.05) is 71.2 Å². The Hall–Kier alpha value is -4.71. The summed E-state index contributed by atoms with van der Waals surface area (Å²) in [5.74, 6) is 1.72. The molecule has 0 radical (unpaired) electrons. The van der Waals surface area contributed by atoms with E-state index in [9.17, 15) is 0 Å². The van der Waals surface area contributed by atoms with Crippen molar-refractivity contribution in [3.63, 3.8) is 0 Å². The number of para-hydroxylation sites is 2. The van der Waals surface area contributed by atoms with Crippen molar-refractivity contribution in [2.45, 2.75) is 41.1 Å². The van der Waals surface area contributed by atoms with Gasteiger partial charge in [-0.05, 0) is 73.2 Å². The van der Waals surface area contributed by atoms with Crippen molar-refractivity contribution in [1.82, 2.24) is 20.6 Å². The summed E-state index contributed by atoms with van der Waals surface area (Å²) in [7, 11) is 3.40. The molecule has 6 heterocycles. The minimum atomic E-state index is -0.750. The normalized spacial score (nSPS) is 20.9. The molecule has 290 valence electrons. The number of alkyl halides is 3. The fourth-order valence-corrected chi connectivity index (χ4v) is 9.04. The Bertz CT molecular complexity index is 2300. The first-order valence-corrected chi connectivity index (χ1v) is 20.1. The average Bonchev–Trinajstić information content (AvgIpc) is 3.95. The highest BCUT2D eigenvalue weighted by Gasteiger charge is 2.46. The van der Waals surface area contributed by atoms with Crippen molar-refractivity contribution in [2.24, 2.45) is 9.98 Å². The first-order valence-electron chi connectivity index (χ1n) is 18.8. The predicted molar refractivity (Wildman–Crippen MR) is 232 cm³/mol. The molecular formula is C43H45Cl3N8O2. The SMILES string of the molecule is COc1ccc2c3c([nH]c2c1)C1=NCC[C@@]1(c1ccccc1N)NCC3.COc1ccc2c3c([nH]c2c1)C1=NCC[C@@]1(c1ccccc1N)NCC3.ClC(Cl)Cl. The Kier molecular flexibility index (Phi) is 10.7.